The van der Waals surface area contributed by atoms with E-state index >= 15 is 0 Å². The van der Waals surface area contributed by atoms with Crippen molar-refractivity contribution in [3.05, 3.63) is 84.4 Å². The van der Waals surface area contributed by atoms with Crippen molar-refractivity contribution in [1.82, 2.24) is 0 Å². The first-order valence-electron chi connectivity index (χ1n) is 5.75. The molecule has 0 saturated heterocycles. The van der Waals surface area contributed by atoms with E-state index < -0.39 is 6.10 Å². The van der Waals surface area contributed by atoms with Gasteiger partial charge >= 0.3 is 5.97 Å². The van der Waals surface area contributed by atoms with Crippen molar-refractivity contribution in [3.63, 3.8) is 0 Å². The molecule has 0 saturated carbocycles. The average Bonchev–Trinajstić information content (AvgIpc) is 2.46. The van der Waals surface area contributed by atoms with E-state index in [1.165, 1.54) is 0 Å². The maximum Gasteiger partial charge on any atom is 0.339 e. The van der Waals surface area contributed by atoms with Crippen LogP contribution in [0.1, 0.15) is 22.0 Å². The smallest absolute Gasteiger partial charge is 0.339 e. The minimum Gasteiger partial charge on any atom is -0.450 e. The lowest BCUT2D eigenvalue weighted by molar-refractivity contribution is 0.0392. The molecule has 0 heterocycles. The van der Waals surface area contributed by atoms with Crippen LogP contribution in [-0.4, -0.2) is 5.97 Å². The first-order chi connectivity index (χ1) is 8.81. The van der Waals surface area contributed by atoms with E-state index in [0.29, 0.717) is 5.56 Å². The minimum absolute atomic E-state index is 0.343. The lowest BCUT2D eigenvalue weighted by Crippen LogP contribution is -2.09. The van der Waals surface area contributed by atoms with Crippen molar-refractivity contribution < 1.29 is 9.53 Å². The Balaban J connectivity index is 2.13. The monoisotopic (exact) mass is 238 g/mol. The van der Waals surface area contributed by atoms with Crippen LogP contribution in [0.3, 0.4) is 0 Å². The highest BCUT2D eigenvalue weighted by molar-refractivity contribution is 5.89. The Morgan fingerprint density at radius 1 is 1.00 bits per heavy atom. The van der Waals surface area contributed by atoms with Gasteiger partial charge in [-0.2, -0.15) is 0 Å². The van der Waals surface area contributed by atoms with E-state index in [2.05, 4.69) is 6.58 Å². The molecule has 18 heavy (non-hydrogen) atoms. The molecule has 0 aliphatic heterocycles. The number of carbonyl (C=O) groups is 1. The van der Waals surface area contributed by atoms with Gasteiger partial charge < -0.3 is 4.74 Å². The third kappa shape index (κ3) is 2.86. The number of ether oxygens (including phenoxy) is 1. The van der Waals surface area contributed by atoms with Crippen LogP contribution in [0, 0.1) is 0 Å². The molecule has 0 bridgehead atoms. The van der Waals surface area contributed by atoms with Crippen molar-refractivity contribution in [2.75, 3.05) is 0 Å². The molecule has 1 atom stereocenters. The van der Waals surface area contributed by atoms with E-state index in [-0.39, 0.29) is 5.97 Å². The summed E-state index contributed by atoms with van der Waals surface area (Å²) in [6.45, 7) is 3.71. The van der Waals surface area contributed by atoms with Crippen LogP contribution < -0.4 is 0 Å². The lowest BCUT2D eigenvalue weighted by Gasteiger charge is -2.14. The zero-order chi connectivity index (χ0) is 12.8. The van der Waals surface area contributed by atoms with Gasteiger partial charge in [0.15, 0.2) is 0 Å². The Morgan fingerprint density at radius 3 is 2.11 bits per heavy atom. The summed E-state index contributed by atoms with van der Waals surface area (Å²) in [5, 5.41) is 0. The molecule has 2 rings (SSSR count). The summed E-state index contributed by atoms with van der Waals surface area (Å²) in [6, 6.07) is 18.5. The molecule has 0 amide bonds. The fraction of sp³-hybridized carbons (Fsp3) is 0.0625. The second-order valence-electron chi connectivity index (χ2n) is 3.84. The second kappa shape index (κ2) is 5.82. The molecule has 2 heteroatoms. The summed E-state index contributed by atoms with van der Waals surface area (Å²) < 4.78 is 5.41. The summed E-state index contributed by atoms with van der Waals surface area (Å²) >= 11 is 0. The highest BCUT2D eigenvalue weighted by atomic mass is 16.5. The molecule has 0 spiro atoms. The molecule has 0 fully saturated rings. The number of carbonyl (C=O) groups excluding carboxylic acids is 1. The van der Waals surface area contributed by atoms with Gasteiger partial charge in [-0.25, -0.2) is 4.79 Å². The highest BCUT2D eigenvalue weighted by Crippen LogP contribution is 2.19. The van der Waals surface area contributed by atoms with E-state index in [9.17, 15) is 4.79 Å². The molecule has 0 radical (unpaired) electrons. The number of rotatable bonds is 4. The third-order valence-electron chi connectivity index (χ3n) is 2.59. The molecule has 0 aromatic heterocycles. The summed E-state index contributed by atoms with van der Waals surface area (Å²) in [6.07, 6.45) is 1.20. The first-order valence-corrected chi connectivity index (χ1v) is 5.75. The molecular formula is C16H14O2. The third-order valence-corrected chi connectivity index (χ3v) is 2.59. The van der Waals surface area contributed by atoms with Crippen molar-refractivity contribution in [3.8, 4) is 0 Å². The molecule has 0 aliphatic rings. The van der Waals surface area contributed by atoms with Crippen molar-refractivity contribution in [1.29, 1.82) is 0 Å². The van der Waals surface area contributed by atoms with Crippen molar-refractivity contribution >= 4 is 5.97 Å². The van der Waals surface area contributed by atoms with Crippen LogP contribution in [-0.2, 0) is 4.74 Å². The number of benzene rings is 2. The van der Waals surface area contributed by atoms with Crippen LogP contribution in [0.4, 0.5) is 0 Å². The first kappa shape index (κ1) is 12.1. The SMILES string of the molecule is C=C[C@@H](OC(=O)c1ccccc1)c1ccccc1. The number of esters is 1. The number of hydrogen-bond acceptors (Lipinski definition) is 2. The Hall–Kier alpha value is -2.35. The van der Waals surface area contributed by atoms with Gasteiger partial charge in [0.05, 0.1) is 5.56 Å². The standard InChI is InChI=1S/C16H14O2/c1-2-15(13-9-5-3-6-10-13)18-16(17)14-11-7-4-8-12-14/h2-12,15H,1H2/t15-/m1/s1. The van der Waals surface area contributed by atoms with Gasteiger partial charge in [0.25, 0.3) is 0 Å². The average molecular weight is 238 g/mol. The van der Waals surface area contributed by atoms with Crippen LogP contribution >= 0.6 is 0 Å². The molecular weight excluding hydrogens is 224 g/mol. The van der Waals surface area contributed by atoms with E-state index in [0.717, 1.165) is 5.56 Å². The van der Waals surface area contributed by atoms with E-state index in [4.69, 9.17) is 4.74 Å². The molecule has 0 aliphatic carbocycles. The predicted octanol–water partition coefficient (Wildman–Crippen LogP) is 3.77. The Labute approximate surface area is 107 Å². The van der Waals surface area contributed by atoms with Crippen molar-refractivity contribution in [2.24, 2.45) is 0 Å². The second-order valence-corrected chi connectivity index (χ2v) is 3.84. The normalized spacial score (nSPS) is 11.6. The van der Waals surface area contributed by atoms with Crippen LogP contribution in [0.2, 0.25) is 0 Å². The van der Waals surface area contributed by atoms with Gasteiger partial charge in [0.1, 0.15) is 6.10 Å². The number of hydrogen-bond donors (Lipinski definition) is 0. The van der Waals surface area contributed by atoms with Crippen LogP contribution in [0.15, 0.2) is 73.3 Å². The van der Waals surface area contributed by atoms with Crippen molar-refractivity contribution in [2.45, 2.75) is 6.10 Å². The topological polar surface area (TPSA) is 26.3 Å². The van der Waals surface area contributed by atoms with Crippen LogP contribution in [0.25, 0.3) is 0 Å². The van der Waals surface area contributed by atoms with E-state index in [1.54, 1.807) is 18.2 Å². The van der Waals surface area contributed by atoms with Gasteiger partial charge in [0, 0.05) is 0 Å². The van der Waals surface area contributed by atoms with Gasteiger partial charge in [-0.15, -0.1) is 0 Å². The zero-order valence-electron chi connectivity index (χ0n) is 9.95. The van der Waals surface area contributed by atoms with Gasteiger partial charge in [-0.3, -0.25) is 0 Å². The molecule has 0 N–H and O–H groups in total. The summed E-state index contributed by atoms with van der Waals surface area (Å²) in [7, 11) is 0. The van der Waals surface area contributed by atoms with Gasteiger partial charge in [0.2, 0.25) is 0 Å². The molecule has 90 valence electrons. The fourth-order valence-electron chi connectivity index (χ4n) is 1.65. The Kier molecular flexibility index (Phi) is 3.92. The maximum absolute atomic E-state index is 11.9. The summed E-state index contributed by atoms with van der Waals surface area (Å²) in [4.78, 5) is 11.9. The van der Waals surface area contributed by atoms with Gasteiger partial charge in [-0.1, -0.05) is 55.1 Å². The Bertz CT molecular complexity index is 517. The highest BCUT2D eigenvalue weighted by Gasteiger charge is 2.14. The molecule has 2 nitrogen and oxygen atoms in total. The van der Waals surface area contributed by atoms with Gasteiger partial charge in [-0.05, 0) is 23.8 Å². The summed E-state index contributed by atoms with van der Waals surface area (Å²) in [5.41, 5.74) is 1.46. The fourth-order valence-corrected chi connectivity index (χ4v) is 1.65. The maximum atomic E-state index is 11.9. The largest absolute Gasteiger partial charge is 0.450 e. The van der Waals surface area contributed by atoms with Crippen LogP contribution in [0.5, 0.6) is 0 Å². The minimum atomic E-state index is -0.418. The lowest BCUT2D eigenvalue weighted by atomic mass is 10.1. The Morgan fingerprint density at radius 2 is 1.56 bits per heavy atom. The molecule has 2 aromatic rings. The predicted molar refractivity (Wildman–Crippen MR) is 71.2 cm³/mol. The van der Waals surface area contributed by atoms with E-state index in [1.807, 2.05) is 48.5 Å². The molecule has 2 aromatic carbocycles. The molecule has 0 unspecified atom stereocenters. The summed E-state index contributed by atoms with van der Waals surface area (Å²) in [5.74, 6) is -0.343. The zero-order valence-corrected chi connectivity index (χ0v) is 9.95. The quantitative estimate of drug-likeness (QED) is 0.598.